The van der Waals surface area contributed by atoms with Crippen LogP contribution in [0.15, 0.2) is 47.4 Å². The van der Waals surface area contributed by atoms with Crippen LogP contribution in [0, 0.1) is 0 Å². The molecule has 154 valence electrons. The maximum absolute atomic E-state index is 12.9. The summed E-state index contributed by atoms with van der Waals surface area (Å²) in [7, 11) is 3.09. The van der Waals surface area contributed by atoms with E-state index in [1.165, 1.54) is 18.9 Å². The molecular weight excluding hydrogens is 412 g/mol. The number of thioether (sulfide) groups is 1. The lowest BCUT2D eigenvalue weighted by atomic mass is 10.1. The number of hydrogen-bond acceptors (Lipinski definition) is 5. The predicted molar refractivity (Wildman–Crippen MR) is 114 cm³/mol. The largest absolute Gasteiger partial charge is 0.497 e. The average molecular weight is 435 g/mol. The minimum Gasteiger partial charge on any atom is -0.497 e. The number of ether oxygens (including phenoxy) is 2. The summed E-state index contributed by atoms with van der Waals surface area (Å²) in [5.74, 6) is 1.36. The lowest BCUT2D eigenvalue weighted by molar-refractivity contribution is -0.129. The number of amides is 2. The zero-order chi connectivity index (χ0) is 20.8. The fourth-order valence-corrected chi connectivity index (χ4v) is 4.24. The molecule has 1 fully saturated rings. The Labute approximate surface area is 179 Å². The first kappa shape index (κ1) is 21.3. The molecule has 0 N–H and O–H groups in total. The molecule has 1 aliphatic heterocycles. The Morgan fingerprint density at radius 2 is 1.69 bits per heavy atom. The van der Waals surface area contributed by atoms with Crippen molar-refractivity contribution in [3.8, 4) is 11.5 Å². The molecule has 0 aromatic heterocycles. The first-order chi connectivity index (χ1) is 14.0. The van der Waals surface area contributed by atoms with E-state index in [1.54, 1.807) is 35.1 Å². The van der Waals surface area contributed by atoms with Crippen LogP contribution in [0.2, 0.25) is 5.02 Å². The molecule has 2 aromatic carbocycles. The molecule has 1 saturated heterocycles. The van der Waals surface area contributed by atoms with Crippen molar-refractivity contribution in [1.82, 2.24) is 9.80 Å². The molecule has 0 radical (unpaired) electrons. The molecule has 6 nitrogen and oxygen atoms in total. The second kappa shape index (κ2) is 9.89. The van der Waals surface area contributed by atoms with Gasteiger partial charge in [-0.3, -0.25) is 9.59 Å². The molecule has 0 spiro atoms. The van der Waals surface area contributed by atoms with Gasteiger partial charge in [-0.05, 0) is 24.3 Å². The fraction of sp³-hybridized carbons (Fsp3) is 0.333. The van der Waals surface area contributed by atoms with E-state index in [-0.39, 0.29) is 11.8 Å². The molecule has 1 heterocycles. The first-order valence-corrected chi connectivity index (χ1v) is 10.6. The van der Waals surface area contributed by atoms with Gasteiger partial charge < -0.3 is 19.3 Å². The highest BCUT2D eigenvalue weighted by atomic mass is 35.5. The monoisotopic (exact) mass is 434 g/mol. The molecule has 1 aliphatic rings. The highest BCUT2D eigenvalue weighted by molar-refractivity contribution is 8.00. The first-order valence-electron chi connectivity index (χ1n) is 9.20. The third kappa shape index (κ3) is 5.16. The molecule has 3 rings (SSSR count). The van der Waals surface area contributed by atoms with Crippen LogP contribution in [-0.2, 0) is 4.79 Å². The molecule has 0 saturated carbocycles. The summed E-state index contributed by atoms with van der Waals surface area (Å²) in [5.41, 5.74) is 0.488. The van der Waals surface area contributed by atoms with E-state index < -0.39 is 0 Å². The van der Waals surface area contributed by atoms with Crippen molar-refractivity contribution >= 4 is 35.2 Å². The van der Waals surface area contributed by atoms with Crippen LogP contribution in [0.4, 0.5) is 0 Å². The molecule has 2 amide bonds. The number of rotatable bonds is 6. The van der Waals surface area contributed by atoms with Crippen molar-refractivity contribution in [2.24, 2.45) is 0 Å². The molecule has 0 bridgehead atoms. The summed E-state index contributed by atoms with van der Waals surface area (Å²) in [5, 5.41) is 0.647. The maximum atomic E-state index is 12.9. The van der Waals surface area contributed by atoms with Gasteiger partial charge in [-0.1, -0.05) is 23.7 Å². The highest BCUT2D eigenvalue weighted by Crippen LogP contribution is 2.28. The Hall–Kier alpha value is -2.38. The van der Waals surface area contributed by atoms with Crippen LogP contribution in [0.25, 0.3) is 0 Å². The number of carbonyl (C=O) groups excluding carboxylic acids is 2. The minimum absolute atomic E-state index is 0.0454. The van der Waals surface area contributed by atoms with E-state index in [9.17, 15) is 9.59 Å². The van der Waals surface area contributed by atoms with Gasteiger partial charge in [0.25, 0.3) is 5.91 Å². The summed E-state index contributed by atoms with van der Waals surface area (Å²) >= 11 is 7.57. The second-order valence-corrected chi connectivity index (χ2v) is 7.88. The SMILES string of the molecule is COc1ccc(C(=O)N2CCN(C(=O)CSc3ccccc3Cl)CC2)c(OC)c1. The molecule has 0 atom stereocenters. The predicted octanol–water partition coefficient (Wildman–Crippen LogP) is 3.43. The summed E-state index contributed by atoms with van der Waals surface area (Å²) in [6.45, 7) is 1.98. The van der Waals surface area contributed by atoms with Gasteiger partial charge in [0.2, 0.25) is 5.91 Å². The fourth-order valence-electron chi connectivity index (χ4n) is 3.10. The van der Waals surface area contributed by atoms with Crippen molar-refractivity contribution in [2.45, 2.75) is 4.90 Å². The number of hydrogen-bond donors (Lipinski definition) is 0. The van der Waals surface area contributed by atoms with E-state index in [0.29, 0.717) is 54.0 Å². The maximum Gasteiger partial charge on any atom is 0.257 e. The van der Waals surface area contributed by atoms with Crippen molar-refractivity contribution in [3.05, 3.63) is 53.1 Å². The Morgan fingerprint density at radius 3 is 2.34 bits per heavy atom. The van der Waals surface area contributed by atoms with Gasteiger partial charge in [-0.2, -0.15) is 0 Å². The molecule has 0 aliphatic carbocycles. The third-order valence-electron chi connectivity index (χ3n) is 4.75. The average Bonchev–Trinajstić information content (AvgIpc) is 2.77. The third-order valence-corrected chi connectivity index (χ3v) is 6.25. The number of halogens is 1. The van der Waals surface area contributed by atoms with E-state index in [0.717, 1.165) is 4.90 Å². The topological polar surface area (TPSA) is 59.1 Å². The van der Waals surface area contributed by atoms with Crippen LogP contribution in [0.3, 0.4) is 0 Å². The Bertz CT molecular complexity index is 885. The summed E-state index contributed by atoms with van der Waals surface area (Å²) in [6, 6.07) is 12.6. The normalized spacial score (nSPS) is 13.9. The molecular formula is C21H23ClN2O4S. The molecule has 8 heteroatoms. The van der Waals surface area contributed by atoms with Gasteiger partial charge in [0, 0.05) is 37.1 Å². The smallest absolute Gasteiger partial charge is 0.257 e. The van der Waals surface area contributed by atoms with Crippen molar-refractivity contribution in [1.29, 1.82) is 0 Å². The molecule has 29 heavy (non-hydrogen) atoms. The lowest BCUT2D eigenvalue weighted by Crippen LogP contribution is -2.51. The van der Waals surface area contributed by atoms with Crippen LogP contribution in [-0.4, -0.2) is 67.8 Å². The quantitative estimate of drug-likeness (QED) is 0.652. The zero-order valence-electron chi connectivity index (χ0n) is 16.4. The van der Waals surface area contributed by atoms with Gasteiger partial charge in [-0.15, -0.1) is 11.8 Å². The Morgan fingerprint density at radius 1 is 1.00 bits per heavy atom. The van der Waals surface area contributed by atoms with Gasteiger partial charge in [-0.25, -0.2) is 0 Å². The van der Waals surface area contributed by atoms with E-state index >= 15 is 0 Å². The number of nitrogens with zero attached hydrogens (tertiary/aromatic N) is 2. The standard InChI is InChI=1S/C21H23ClN2O4S/c1-27-15-7-8-16(18(13-15)28-2)21(26)24-11-9-23(10-12-24)20(25)14-29-19-6-4-3-5-17(19)22/h3-8,13H,9-12,14H2,1-2H3. The number of piperazine rings is 1. The van der Waals surface area contributed by atoms with E-state index in [2.05, 4.69) is 0 Å². The molecule has 0 unspecified atom stereocenters. The number of benzene rings is 2. The van der Waals surface area contributed by atoms with E-state index in [4.69, 9.17) is 21.1 Å². The zero-order valence-corrected chi connectivity index (χ0v) is 18.0. The minimum atomic E-state index is -0.109. The van der Waals surface area contributed by atoms with Gasteiger partial charge in [0.05, 0.1) is 30.6 Å². The van der Waals surface area contributed by atoms with Crippen molar-refractivity contribution < 1.29 is 19.1 Å². The van der Waals surface area contributed by atoms with Crippen LogP contribution in [0.5, 0.6) is 11.5 Å². The summed E-state index contributed by atoms with van der Waals surface area (Å²) in [4.78, 5) is 29.8. The van der Waals surface area contributed by atoms with Gasteiger partial charge in [0.1, 0.15) is 11.5 Å². The van der Waals surface area contributed by atoms with E-state index in [1.807, 2.05) is 24.3 Å². The van der Waals surface area contributed by atoms with Gasteiger partial charge >= 0.3 is 0 Å². The number of methoxy groups -OCH3 is 2. The van der Waals surface area contributed by atoms with Crippen LogP contribution in [0.1, 0.15) is 10.4 Å². The Kier molecular flexibility index (Phi) is 7.28. The number of carbonyl (C=O) groups is 2. The molecule has 2 aromatic rings. The second-order valence-electron chi connectivity index (χ2n) is 6.46. The van der Waals surface area contributed by atoms with Crippen molar-refractivity contribution in [3.63, 3.8) is 0 Å². The van der Waals surface area contributed by atoms with Crippen LogP contribution >= 0.6 is 23.4 Å². The van der Waals surface area contributed by atoms with Crippen LogP contribution < -0.4 is 9.47 Å². The highest BCUT2D eigenvalue weighted by Gasteiger charge is 2.26. The summed E-state index contributed by atoms with van der Waals surface area (Å²) in [6.07, 6.45) is 0. The lowest BCUT2D eigenvalue weighted by Gasteiger charge is -2.35. The Balaban J connectivity index is 1.55. The van der Waals surface area contributed by atoms with Gasteiger partial charge in [0.15, 0.2) is 0 Å². The summed E-state index contributed by atoms with van der Waals surface area (Å²) < 4.78 is 10.5. The van der Waals surface area contributed by atoms with Crippen molar-refractivity contribution in [2.75, 3.05) is 46.2 Å².